The quantitative estimate of drug-likeness (QED) is 0.310. The summed E-state index contributed by atoms with van der Waals surface area (Å²) in [6.45, 7) is 0.403. The van der Waals surface area contributed by atoms with E-state index in [1.165, 1.54) is 0 Å². The van der Waals surface area contributed by atoms with Crippen molar-refractivity contribution in [3.05, 3.63) is 10.1 Å². The zero-order valence-corrected chi connectivity index (χ0v) is 8.39. The van der Waals surface area contributed by atoms with Crippen molar-refractivity contribution in [3.63, 3.8) is 0 Å². The predicted octanol–water partition coefficient (Wildman–Crippen LogP) is -2.62. The van der Waals surface area contributed by atoms with Crippen molar-refractivity contribution in [2.75, 3.05) is 6.61 Å². The monoisotopic (exact) mass is 239 g/mol. The Morgan fingerprint density at radius 3 is 2.50 bits per heavy atom. The molecule has 16 heavy (non-hydrogen) atoms. The Hall–Kier alpha value is -1.00. The van der Waals surface area contributed by atoms with Crippen LogP contribution in [0, 0.1) is 10.1 Å². The van der Waals surface area contributed by atoms with Gasteiger partial charge in [-0.05, 0) is 6.92 Å². The molecule has 4 N–H and O–H groups in total. The summed E-state index contributed by atoms with van der Waals surface area (Å²) in [7, 11) is 0. The standard InChI is InChI=1S/C7H13NO8/c1-7(12)6(11)5(10)4(9)3(16-7)2-15-8(13)14/h3-6,9-12H,2H2,1H3/t3-,4-,5+,6-,7+/m1/s1. The maximum absolute atomic E-state index is 9.93. The first-order valence-electron chi connectivity index (χ1n) is 4.47. The van der Waals surface area contributed by atoms with E-state index in [-0.39, 0.29) is 0 Å². The van der Waals surface area contributed by atoms with Gasteiger partial charge in [0.25, 0.3) is 5.09 Å². The van der Waals surface area contributed by atoms with E-state index < -0.39 is 41.9 Å². The van der Waals surface area contributed by atoms with Gasteiger partial charge in [0.05, 0.1) is 0 Å². The molecule has 0 radical (unpaired) electrons. The molecule has 0 spiro atoms. The lowest BCUT2D eigenvalue weighted by atomic mass is 9.94. The fourth-order valence-corrected chi connectivity index (χ4v) is 1.44. The maximum Gasteiger partial charge on any atom is 0.294 e. The topological polar surface area (TPSA) is 143 Å². The van der Waals surface area contributed by atoms with Crippen LogP contribution in [0.15, 0.2) is 0 Å². The Labute approximate surface area is 89.9 Å². The van der Waals surface area contributed by atoms with Crippen molar-refractivity contribution in [1.82, 2.24) is 0 Å². The molecule has 1 fully saturated rings. The smallest absolute Gasteiger partial charge is 0.294 e. The molecule has 0 amide bonds. The molecule has 1 aliphatic rings. The van der Waals surface area contributed by atoms with Gasteiger partial charge in [0.2, 0.25) is 0 Å². The van der Waals surface area contributed by atoms with Gasteiger partial charge in [-0.2, -0.15) is 0 Å². The number of hydrogen-bond donors (Lipinski definition) is 4. The maximum atomic E-state index is 9.93. The van der Waals surface area contributed by atoms with E-state index in [1.807, 2.05) is 0 Å². The second-order valence-corrected chi connectivity index (χ2v) is 3.66. The van der Waals surface area contributed by atoms with Crippen LogP contribution in [-0.4, -0.2) is 62.3 Å². The molecule has 0 aromatic carbocycles. The molecular formula is C7H13NO8. The van der Waals surface area contributed by atoms with Gasteiger partial charge in [-0.25, -0.2) is 0 Å². The van der Waals surface area contributed by atoms with Gasteiger partial charge >= 0.3 is 0 Å². The van der Waals surface area contributed by atoms with Crippen LogP contribution in [0.2, 0.25) is 0 Å². The molecule has 94 valence electrons. The summed E-state index contributed by atoms with van der Waals surface area (Å²) in [5.74, 6) is -2.11. The third-order valence-corrected chi connectivity index (χ3v) is 2.34. The number of nitrogens with zero attached hydrogens (tertiary/aromatic N) is 1. The summed E-state index contributed by atoms with van der Waals surface area (Å²) >= 11 is 0. The largest absolute Gasteiger partial charge is 0.388 e. The molecule has 0 unspecified atom stereocenters. The van der Waals surface area contributed by atoms with Gasteiger partial charge in [-0.15, -0.1) is 10.1 Å². The normalized spacial score (nSPS) is 44.1. The molecule has 0 aromatic heterocycles. The Morgan fingerprint density at radius 1 is 1.44 bits per heavy atom. The van der Waals surface area contributed by atoms with Crippen molar-refractivity contribution in [2.24, 2.45) is 0 Å². The third-order valence-electron chi connectivity index (χ3n) is 2.34. The lowest BCUT2D eigenvalue weighted by molar-refractivity contribution is -0.760. The molecule has 0 aliphatic carbocycles. The zero-order valence-electron chi connectivity index (χ0n) is 8.39. The van der Waals surface area contributed by atoms with E-state index in [0.717, 1.165) is 6.92 Å². The second kappa shape index (κ2) is 4.47. The predicted molar refractivity (Wildman–Crippen MR) is 46.5 cm³/mol. The van der Waals surface area contributed by atoms with Crippen molar-refractivity contribution >= 4 is 0 Å². The van der Waals surface area contributed by atoms with Crippen LogP contribution in [0.3, 0.4) is 0 Å². The highest BCUT2D eigenvalue weighted by Gasteiger charge is 2.50. The van der Waals surface area contributed by atoms with Crippen LogP contribution in [0.4, 0.5) is 0 Å². The van der Waals surface area contributed by atoms with E-state index in [9.17, 15) is 30.5 Å². The summed E-state index contributed by atoms with van der Waals surface area (Å²) in [6.07, 6.45) is -6.28. The van der Waals surface area contributed by atoms with Crippen molar-refractivity contribution < 1.29 is 35.1 Å². The highest BCUT2D eigenvalue weighted by molar-refractivity contribution is 4.93. The Bertz CT molecular complexity index is 269. The van der Waals surface area contributed by atoms with Crippen molar-refractivity contribution in [2.45, 2.75) is 37.1 Å². The molecular weight excluding hydrogens is 226 g/mol. The summed E-state index contributed by atoms with van der Waals surface area (Å²) in [5, 5.41) is 46.4. The van der Waals surface area contributed by atoms with Crippen molar-refractivity contribution in [1.29, 1.82) is 0 Å². The fourth-order valence-electron chi connectivity index (χ4n) is 1.44. The first-order valence-corrected chi connectivity index (χ1v) is 4.47. The highest BCUT2D eigenvalue weighted by atomic mass is 17.0. The first kappa shape index (κ1) is 13.1. The van der Waals surface area contributed by atoms with E-state index in [0.29, 0.717) is 0 Å². The molecule has 0 bridgehead atoms. The van der Waals surface area contributed by atoms with E-state index in [4.69, 9.17) is 4.74 Å². The molecule has 1 saturated heterocycles. The van der Waals surface area contributed by atoms with Crippen LogP contribution in [0.25, 0.3) is 0 Å². The second-order valence-electron chi connectivity index (χ2n) is 3.66. The lowest BCUT2D eigenvalue weighted by Gasteiger charge is -2.43. The van der Waals surface area contributed by atoms with Crippen LogP contribution >= 0.6 is 0 Å². The third kappa shape index (κ3) is 2.57. The van der Waals surface area contributed by atoms with Crippen LogP contribution in [0.1, 0.15) is 6.92 Å². The SMILES string of the molecule is C[C@]1(O)O[C@H](CO[N+](=O)[O-])[C@@H](O)[C@H](O)[C@H]1O. The minimum absolute atomic E-state index is 0.659. The van der Waals surface area contributed by atoms with E-state index in [2.05, 4.69) is 4.84 Å². The van der Waals surface area contributed by atoms with Gasteiger partial charge in [-0.3, -0.25) is 0 Å². The molecule has 1 aliphatic heterocycles. The molecule has 9 heteroatoms. The summed E-state index contributed by atoms with van der Waals surface area (Å²) in [4.78, 5) is 13.9. The average molecular weight is 239 g/mol. The first-order chi connectivity index (χ1) is 7.25. The Kier molecular flexibility index (Phi) is 3.65. The van der Waals surface area contributed by atoms with Crippen LogP contribution in [0.5, 0.6) is 0 Å². The number of aliphatic hydroxyl groups is 4. The van der Waals surface area contributed by atoms with Gasteiger partial charge in [0.1, 0.15) is 31.0 Å². The zero-order chi connectivity index (χ0) is 12.5. The Morgan fingerprint density at radius 2 is 2.00 bits per heavy atom. The summed E-state index contributed by atoms with van der Waals surface area (Å²) in [6, 6.07) is 0. The highest BCUT2D eigenvalue weighted by Crippen LogP contribution is 2.27. The summed E-state index contributed by atoms with van der Waals surface area (Å²) < 4.78 is 4.79. The fraction of sp³-hybridized carbons (Fsp3) is 1.00. The summed E-state index contributed by atoms with van der Waals surface area (Å²) in [5.41, 5.74) is 0. The number of rotatable bonds is 3. The van der Waals surface area contributed by atoms with E-state index >= 15 is 0 Å². The average Bonchev–Trinajstić information content (AvgIpc) is 2.18. The molecule has 1 heterocycles. The molecule has 9 nitrogen and oxygen atoms in total. The van der Waals surface area contributed by atoms with Crippen LogP contribution < -0.4 is 0 Å². The molecule has 0 saturated carbocycles. The van der Waals surface area contributed by atoms with Gasteiger partial charge in [-0.1, -0.05) is 0 Å². The number of ether oxygens (including phenoxy) is 1. The number of aliphatic hydroxyl groups excluding tert-OH is 3. The lowest BCUT2D eigenvalue weighted by Crippen LogP contribution is -2.64. The molecule has 1 rings (SSSR count). The van der Waals surface area contributed by atoms with Crippen molar-refractivity contribution in [3.8, 4) is 0 Å². The van der Waals surface area contributed by atoms with Crippen LogP contribution in [-0.2, 0) is 9.57 Å². The minimum atomic E-state index is -2.11. The molecule has 0 aromatic rings. The van der Waals surface area contributed by atoms with Gasteiger partial charge in [0.15, 0.2) is 5.79 Å². The van der Waals surface area contributed by atoms with Gasteiger partial charge < -0.3 is 30.0 Å². The molecule has 5 atom stereocenters. The Balaban J connectivity index is 2.68. The van der Waals surface area contributed by atoms with E-state index in [1.54, 1.807) is 0 Å². The number of hydrogen-bond acceptors (Lipinski definition) is 8. The minimum Gasteiger partial charge on any atom is -0.388 e. The van der Waals surface area contributed by atoms with Gasteiger partial charge in [0, 0.05) is 0 Å².